The van der Waals surface area contributed by atoms with E-state index in [1.807, 2.05) is 6.07 Å². The molecule has 0 heterocycles. The van der Waals surface area contributed by atoms with Crippen molar-refractivity contribution in [2.24, 2.45) is 0 Å². The maximum atomic E-state index is 13.1. The van der Waals surface area contributed by atoms with Crippen molar-refractivity contribution in [3.05, 3.63) is 35.6 Å². The van der Waals surface area contributed by atoms with Crippen molar-refractivity contribution in [3.63, 3.8) is 0 Å². The molecule has 1 aromatic rings. The second kappa shape index (κ2) is 4.84. The molecule has 1 N–H and O–H groups in total. The van der Waals surface area contributed by atoms with Crippen LogP contribution in [0.5, 0.6) is 0 Å². The van der Waals surface area contributed by atoms with Crippen LogP contribution in [-0.4, -0.2) is 26.2 Å². The molecule has 1 saturated carbocycles. The summed E-state index contributed by atoms with van der Waals surface area (Å²) in [4.78, 5) is 11.3. The highest BCUT2D eigenvalue weighted by molar-refractivity contribution is 5.77. The van der Waals surface area contributed by atoms with Gasteiger partial charge in [-0.05, 0) is 30.5 Å². The van der Waals surface area contributed by atoms with Crippen LogP contribution in [0.4, 0.5) is 4.39 Å². The number of ether oxygens (including phenoxy) is 1. The van der Waals surface area contributed by atoms with Crippen molar-refractivity contribution < 1.29 is 13.9 Å². The first-order valence-corrected chi connectivity index (χ1v) is 5.68. The van der Waals surface area contributed by atoms with Gasteiger partial charge in [-0.2, -0.15) is 0 Å². The van der Waals surface area contributed by atoms with Crippen molar-refractivity contribution in [2.75, 3.05) is 20.3 Å². The van der Waals surface area contributed by atoms with Crippen LogP contribution in [0.15, 0.2) is 24.3 Å². The molecule has 0 unspecified atom stereocenters. The average Bonchev–Trinajstić information content (AvgIpc) is 3.08. The minimum atomic E-state index is -0.225. The molecule has 1 aliphatic rings. The highest BCUT2D eigenvalue weighted by Crippen LogP contribution is 2.47. The van der Waals surface area contributed by atoms with Gasteiger partial charge in [0.2, 0.25) is 5.91 Å². The number of hydrogen-bond acceptors (Lipinski definition) is 2. The number of amides is 1. The van der Waals surface area contributed by atoms with Gasteiger partial charge in [-0.15, -0.1) is 0 Å². The maximum absolute atomic E-state index is 13.1. The monoisotopic (exact) mass is 237 g/mol. The summed E-state index contributed by atoms with van der Waals surface area (Å²) >= 11 is 0. The first-order chi connectivity index (χ1) is 8.16. The fourth-order valence-electron chi connectivity index (χ4n) is 1.99. The van der Waals surface area contributed by atoms with Crippen LogP contribution in [0.1, 0.15) is 18.4 Å². The minimum absolute atomic E-state index is 0.0640. The Kier molecular flexibility index (Phi) is 3.43. The molecule has 3 nitrogen and oxygen atoms in total. The lowest BCUT2D eigenvalue weighted by atomic mass is 9.96. The third kappa shape index (κ3) is 2.82. The molecule has 0 spiro atoms. The molecule has 1 fully saturated rings. The van der Waals surface area contributed by atoms with E-state index in [2.05, 4.69) is 5.32 Å². The fourth-order valence-corrected chi connectivity index (χ4v) is 1.99. The number of carbonyl (C=O) groups excluding carboxylic acids is 1. The van der Waals surface area contributed by atoms with Crippen LogP contribution < -0.4 is 5.32 Å². The smallest absolute Gasteiger partial charge is 0.246 e. The molecule has 0 radical (unpaired) electrons. The van der Waals surface area contributed by atoms with E-state index in [-0.39, 0.29) is 23.7 Å². The Balaban J connectivity index is 1.98. The Morgan fingerprint density at radius 3 is 2.88 bits per heavy atom. The largest absolute Gasteiger partial charge is 0.375 e. The molecule has 4 heteroatoms. The quantitative estimate of drug-likeness (QED) is 0.845. The van der Waals surface area contributed by atoms with Crippen molar-refractivity contribution >= 4 is 5.91 Å². The van der Waals surface area contributed by atoms with Crippen LogP contribution >= 0.6 is 0 Å². The molecule has 0 aliphatic heterocycles. The van der Waals surface area contributed by atoms with Gasteiger partial charge in [0.25, 0.3) is 0 Å². The molecular weight excluding hydrogens is 221 g/mol. The van der Waals surface area contributed by atoms with E-state index < -0.39 is 0 Å². The van der Waals surface area contributed by atoms with E-state index in [1.54, 1.807) is 12.1 Å². The van der Waals surface area contributed by atoms with Crippen LogP contribution in [0, 0.1) is 5.82 Å². The number of hydrogen-bond donors (Lipinski definition) is 1. The minimum Gasteiger partial charge on any atom is -0.375 e. The Labute approximate surface area is 100.0 Å². The summed E-state index contributed by atoms with van der Waals surface area (Å²) in [7, 11) is 1.49. The van der Waals surface area contributed by atoms with Gasteiger partial charge in [-0.25, -0.2) is 4.39 Å². The Morgan fingerprint density at radius 1 is 1.53 bits per heavy atom. The summed E-state index contributed by atoms with van der Waals surface area (Å²) in [6, 6.07) is 6.61. The number of methoxy groups -OCH3 is 1. The molecule has 0 aromatic heterocycles. The molecule has 1 aromatic carbocycles. The molecule has 92 valence electrons. The molecule has 0 atom stereocenters. The van der Waals surface area contributed by atoms with Gasteiger partial charge in [-0.1, -0.05) is 12.1 Å². The van der Waals surface area contributed by atoms with Crippen molar-refractivity contribution in [3.8, 4) is 0 Å². The second-order valence-electron chi connectivity index (χ2n) is 4.50. The van der Waals surface area contributed by atoms with Crippen molar-refractivity contribution in [1.82, 2.24) is 5.32 Å². The lowest BCUT2D eigenvalue weighted by molar-refractivity contribution is -0.124. The normalized spacial score (nSPS) is 16.6. The zero-order valence-electron chi connectivity index (χ0n) is 9.83. The third-order valence-electron chi connectivity index (χ3n) is 3.19. The average molecular weight is 237 g/mol. The standard InChI is InChI=1S/C13H16FNO2/c1-17-8-12(16)15-9-13(5-6-13)10-3-2-4-11(14)7-10/h2-4,7H,5-6,8-9H2,1H3,(H,15,16). The van der Waals surface area contributed by atoms with E-state index in [9.17, 15) is 9.18 Å². The summed E-state index contributed by atoms with van der Waals surface area (Å²) in [6.07, 6.45) is 1.98. The number of rotatable bonds is 5. The summed E-state index contributed by atoms with van der Waals surface area (Å²) < 4.78 is 17.9. The number of halogens is 1. The van der Waals surface area contributed by atoms with Gasteiger partial charge in [-0.3, -0.25) is 4.79 Å². The zero-order valence-corrected chi connectivity index (χ0v) is 9.83. The first kappa shape index (κ1) is 12.0. The summed E-state index contributed by atoms with van der Waals surface area (Å²) in [5, 5.41) is 2.82. The van der Waals surface area contributed by atoms with Gasteiger partial charge in [0.1, 0.15) is 12.4 Å². The molecule has 0 bridgehead atoms. The van der Waals surface area contributed by atoms with Gasteiger partial charge in [0.15, 0.2) is 0 Å². The Hall–Kier alpha value is -1.42. The molecular formula is C13H16FNO2. The van der Waals surface area contributed by atoms with E-state index >= 15 is 0 Å². The maximum Gasteiger partial charge on any atom is 0.246 e. The first-order valence-electron chi connectivity index (χ1n) is 5.68. The predicted octanol–water partition coefficient (Wildman–Crippen LogP) is 1.62. The van der Waals surface area contributed by atoms with Crippen LogP contribution in [0.3, 0.4) is 0 Å². The van der Waals surface area contributed by atoms with Gasteiger partial charge >= 0.3 is 0 Å². The lowest BCUT2D eigenvalue weighted by Crippen LogP contribution is -2.34. The second-order valence-corrected chi connectivity index (χ2v) is 4.50. The molecule has 0 saturated heterocycles. The van der Waals surface area contributed by atoms with E-state index in [1.165, 1.54) is 13.2 Å². The highest BCUT2D eigenvalue weighted by Gasteiger charge is 2.44. The number of carbonyl (C=O) groups is 1. The highest BCUT2D eigenvalue weighted by atomic mass is 19.1. The van der Waals surface area contributed by atoms with Crippen LogP contribution in [0.25, 0.3) is 0 Å². The number of benzene rings is 1. The van der Waals surface area contributed by atoms with Crippen LogP contribution in [0.2, 0.25) is 0 Å². The predicted molar refractivity (Wildman–Crippen MR) is 62.2 cm³/mol. The van der Waals surface area contributed by atoms with E-state index in [0.717, 1.165) is 18.4 Å². The topological polar surface area (TPSA) is 38.3 Å². The van der Waals surface area contributed by atoms with Crippen molar-refractivity contribution in [1.29, 1.82) is 0 Å². The molecule has 17 heavy (non-hydrogen) atoms. The molecule has 1 amide bonds. The van der Waals surface area contributed by atoms with Gasteiger partial charge in [0, 0.05) is 19.1 Å². The van der Waals surface area contributed by atoms with Gasteiger partial charge in [0.05, 0.1) is 0 Å². The summed E-state index contributed by atoms with van der Waals surface area (Å²) in [6.45, 7) is 0.623. The van der Waals surface area contributed by atoms with Crippen molar-refractivity contribution in [2.45, 2.75) is 18.3 Å². The van der Waals surface area contributed by atoms with E-state index in [0.29, 0.717) is 6.54 Å². The Bertz CT molecular complexity index is 416. The van der Waals surface area contributed by atoms with Gasteiger partial charge < -0.3 is 10.1 Å². The van der Waals surface area contributed by atoms with Crippen LogP contribution in [-0.2, 0) is 14.9 Å². The fraction of sp³-hybridized carbons (Fsp3) is 0.462. The summed E-state index contributed by atoms with van der Waals surface area (Å²) in [5.41, 5.74) is 0.904. The zero-order chi connectivity index (χ0) is 12.3. The molecule has 1 aliphatic carbocycles. The third-order valence-corrected chi connectivity index (χ3v) is 3.19. The SMILES string of the molecule is COCC(=O)NCC1(c2cccc(F)c2)CC1. The summed E-state index contributed by atoms with van der Waals surface area (Å²) in [5.74, 6) is -0.354. The lowest BCUT2D eigenvalue weighted by Gasteiger charge is -2.16. The molecule has 2 rings (SSSR count). The van der Waals surface area contributed by atoms with E-state index in [4.69, 9.17) is 4.74 Å². The number of nitrogens with one attached hydrogen (secondary N) is 1. The Morgan fingerprint density at radius 2 is 2.29 bits per heavy atom.